The molecule has 6 nitrogen and oxygen atoms in total. The molecule has 0 aliphatic rings. The van der Waals surface area contributed by atoms with Gasteiger partial charge in [0.05, 0.1) is 0 Å². The van der Waals surface area contributed by atoms with Crippen molar-refractivity contribution < 1.29 is 23.5 Å². The van der Waals surface area contributed by atoms with Crippen molar-refractivity contribution in [2.24, 2.45) is 0 Å². The van der Waals surface area contributed by atoms with Gasteiger partial charge in [0.25, 0.3) is 5.91 Å². The van der Waals surface area contributed by atoms with Gasteiger partial charge >= 0.3 is 5.97 Å². The van der Waals surface area contributed by atoms with Crippen LogP contribution in [0.2, 0.25) is 5.02 Å². The SMILES string of the molecule is CC(=O)c1ccc(NC(=O)[C@@H](C)OC(=O)c2oc3ccc(Cl)cc3c2C)cc1. The fourth-order valence-corrected chi connectivity index (χ4v) is 2.86. The summed E-state index contributed by atoms with van der Waals surface area (Å²) in [6, 6.07) is 11.5. The van der Waals surface area contributed by atoms with Crippen LogP contribution in [0, 0.1) is 6.92 Å². The fraction of sp³-hybridized carbons (Fsp3) is 0.190. The molecule has 1 N–H and O–H groups in total. The zero-order chi connectivity index (χ0) is 20.4. The fourth-order valence-electron chi connectivity index (χ4n) is 2.69. The number of Topliss-reactive ketones (excluding diaryl/α,β-unsaturated/α-hetero) is 1. The van der Waals surface area contributed by atoms with Gasteiger partial charge in [-0.2, -0.15) is 0 Å². The minimum atomic E-state index is -1.05. The van der Waals surface area contributed by atoms with E-state index in [0.29, 0.717) is 32.8 Å². The molecule has 1 atom stereocenters. The molecule has 1 heterocycles. The first-order chi connectivity index (χ1) is 13.3. The Labute approximate surface area is 166 Å². The minimum Gasteiger partial charge on any atom is -0.449 e. The highest BCUT2D eigenvalue weighted by molar-refractivity contribution is 6.31. The topological polar surface area (TPSA) is 85.6 Å². The Morgan fingerprint density at radius 1 is 1.11 bits per heavy atom. The number of hydrogen-bond acceptors (Lipinski definition) is 5. The Hall–Kier alpha value is -3.12. The van der Waals surface area contributed by atoms with E-state index in [4.69, 9.17) is 20.8 Å². The molecule has 1 amide bonds. The first kappa shape index (κ1) is 19.6. The van der Waals surface area contributed by atoms with Gasteiger partial charge in [0.15, 0.2) is 11.9 Å². The van der Waals surface area contributed by atoms with E-state index in [9.17, 15) is 14.4 Å². The van der Waals surface area contributed by atoms with Crippen LogP contribution >= 0.6 is 11.6 Å². The van der Waals surface area contributed by atoms with Crippen LogP contribution in [-0.2, 0) is 9.53 Å². The van der Waals surface area contributed by atoms with Gasteiger partial charge in [-0.25, -0.2) is 4.79 Å². The highest BCUT2D eigenvalue weighted by Crippen LogP contribution is 2.28. The molecule has 3 aromatic rings. The standard InChI is InChI=1S/C21H18ClNO5/c1-11-17-10-15(22)6-9-18(17)28-19(11)21(26)27-13(3)20(25)23-16-7-4-14(5-8-16)12(2)24/h4-10,13H,1-3H3,(H,23,25)/t13-/m1/s1. The lowest BCUT2D eigenvalue weighted by Gasteiger charge is -2.13. The highest BCUT2D eigenvalue weighted by Gasteiger charge is 2.24. The molecule has 0 aliphatic carbocycles. The van der Waals surface area contributed by atoms with Crippen LogP contribution in [0.25, 0.3) is 11.0 Å². The van der Waals surface area contributed by atoms with Crippen LogP contribution in [0.15, 0.2) is 46.9 Å². The molecule has 28 heavy (non-hydrogen) atoms. The maximum absolute atomic E-state index is 12.4. The minimum absolute atomic E-state index is 0.0303. The first-order valence-electron chi connectivity index (χ1n) is 8.57. The van der Waals surface area contributed by atoms with Crippen molar-refractivity contribution in [2.75, 3.05) is 5.32 Å². The third-order valence-corrected chi connectivity index (χ3v) is 4.53. The largest absolute Gasteiger partial charge is 0.449 e. The molecule has 0 fully saturated rings. The van der Waals surface area contributed by atoms with Crippen molar-refractivity contribution in [3.8, 4) is 0 Å². The number of ketones is 1. The number of nitrogens with one attached hydrogen (secondary N) is 1. The molecule has 0 unspecified atom stereocenters. The summed E-state index contributed by atoms with van der Waals surface area (Å²) in [5.41, 5.74) is 2.14. The summed E-state index contributed by atoms with van der Waals surface area (Å²) in [7, 11) is 0. The summed E-state index contributed by atoms with van der Waals surface area (Å²) in [6.07, 6.45) is -1.05. The van der Waals surface area contributed by atoms with Gasteiger partial charge in [-0.05, 0) is 63.2 Å². The molecule has 1 aromatic heterocycles. The lowest BCUT2D eigenvalue weighted by Crippen LogP contribution is -2.30. The number of esters is 1. The number of ether oxygens (including phenoxy) is 1. The van der Waals surface area contributed by atoms with Crippen LogP contribution in [0.3, 0.4) is 0 Å². The molecule has 7 heteroatoms. The van der Waals surface area contributed by atoms with Gasteiger partial charge in [-0.15, -0.1) is 0 Å². The Bertz CT molecular complexity index is 1070. The third-order valence-electron chi connectivity index (χ3n) is 4.30. The second-order valence-corrected chi connectivity index (χ2v) is 6.80. The number of carbonyl (C=O) groups excluding carboxylic acids is 3. The van der Waals surface area contributed by atoms with Crippen LogP contribution in [0.4, 0.5) is 5.69 Å². The van der Waals surface area contributed by atoms with Gasteiger partial charge < -0.3 is 14.5 Å². The normalized spacial score (nSPS) is 11.9. The van der Waals surface area contributed by atoms with E-state index in [-0.39, 0.29) is 11.5 Å². The number of anilines is 1. The summed E-state index contributed by atoms with van der Waals surface area (Å²) in [4.78, 5) is 36.0. The smallest absolute Gasteiger partial charge is 0.375 e. The number of aryl methyl sites for hydroxylation is 1. The average molecular weight is 400 g/mol. The number of amides is 1. The van der Waals surface area contributed by atoms with E-state index in [1.165, 1.54) is 13.8 Å². The Morgan fingerprint density at radius 2 is 1.79 bits per heavy atom. The molecule has 144 valence electrons. The van der Waals surface area contributed by atoms with Crippen LogP contribution in [0.5, 0.6) is 0 Å². The monoisotopic (exact) mass is 399 g/mol. The van der Waals surface area contributed by atoms with Crippen molar-refractivity contribution in [3.05, 3.63) is 64.4 Å². The zero-order valence-corrected chi connectivity index (χ0v) is 16.3. The molecular formula is C21H18ClNO5. The van der Waals surface area contributed by atoms with E-state index in [0.717, 1.165) is 0 Å². The molecule has 0 aliphatic heterocycles. The van der Waals surface area contributed by atoms with E-state index >= 15 is 0 Å². The number of carbonyl (C=O) groups is 3. The van der Waals surface area contributed by atoms with E-state index in [1.807, 2.05) is 0 Å². The van der Waals surface area contributed by atoms with Crippen molar-refractivity contribution in [3.63, 3.8) is 0 Å². The molecule has 0 saturated heterocycles. The van der Waals surface area contributed by atoms with Gasteiger partial charge in [-0.1, -0.05) is 11.6 Å². The average Bonchev–Trinajstić information content (AvgIpc) is 2.98. The first-order valence-corrected chi connectivity index (χ1v) is 8.95. The van der Waals surface area contributed by atoms with Crippen molar-refractivity contribution in [1.82, 2.24) is 0 Å². The predicted molar refractivity (Wildman–Crippen MR) is 106 cm³/mol. The Kier molecular flexibility index (Phi) is 5.51. The van der Waals surface area contributed by atoms with Crippen LogP contribution in [0.1, 0.15) is 40.3 Å². The number of halogens is 1. The molecule has 0 radical (unpaired) electrons. The van der Waals surface area contributed by atoms with Crippen molar-refractivity contribution in [2.45, 2.75) is 26.9 Å². The molecule has 0 spiro atoms. The number of fused-ring (bicyclic) bond motifs is 1. The van der Waals surface area contributed by atoms with Crippen LogP contribution in [-0.4, -0.2) is 23.8 Å². The van der Waals surface area contributed by atoms with Crippen molar-refractivity contribution >= 4 is 45.9 Å². The number of rotatable bonds is 5. The number of furan rings is 1. The highest BCUT2D eigenvalue weighted by atomic mass is 35.5. The summed E-state index contributed by atoms with van der Waals surface area (Å²) in [5, 5.41) is 3.88. The number of hydrogen-bond donors (Lipinski definition) is 1. The van der Waals surface area contributed by atoms with Crippen molar-refractivity contribution in [1.29, 1.82) is 0 Å². The second-order valence-electron chi connectivity index (χ2n) is 6.37. The zero-order valence-electron chi connectivity index (χ0n) is 15.5. The predicted octanol–water partition coefficient (Wildman–Crippen LogP) is 4.78. The summed E-state index contributed by atoms with van der Waals surface area (Å²) >= 11 is 5.98. The van der Waals surface area contributed by atoms with Gasteiger partial charge in [0.2, 0.25) is 5.76 Å². The molecule has 3 rings (SSSR count). The van der Waals surface area contributed by atoms with Gasteiger partial charge in [0, 0.05) is 27.2 Å². The third kappa shape index (κ3) is 4.07. The lowest BCUT2D eigenvalue weighted by atomic mass is 10.1. The summed E-state index contributed by atoms with van der Waals surface area (Å²) < 4.78 is 10.8. The maximum Gasteiger partial charge on any atom is 0.375 e. The van der Waals surface area contributed by atoms with E-state index in [2.05, 4.69) is 5.32 Å². The lowest BCUT2D eigenvalue weighted by molar-refractivity contribution is -0.123. The molecular weight excluding hydrogens is 382 g/mol. The van der Waals surface area contributed by atoms with Gasteiger partial charge in [0.1, 0.15) is 5.58 Å². The maximum atomic E-state index is 12.4. The molecule has 0 saturated carbocycles. The summed E-state index contributed by atoms with van der Waals surface area (Å²) in [5.74, 6) is -1.27. The number of benzene rings is 2. The van der Waals surface area contributed by atoms with E-state index < -0.39 is 18.0 Å². The molecule has 2 aromatic carbocycles. The quantitative estimate of drug-likeness (QED) is 0.492. The Balaban J connectivity index is 1.69. The van der Waals surface area contributed by atoms with Crippen LogP contribution < -0.4 is 5.32 Å². The van der Waals surface area contributed by atoms with Gasteiger partial charge in [-0.3, -0.25) is 9.59 Å². The molecule has 0 bridgehead atoms. The van der Waals surface area contributed by atoms with E-state index in [1.54, 1.807) is 49.4 Å². The second kappa shape index (κ2) is 7.86. The summed E-state index contributed by atoms with van der Waals surface area (Å²) in [6.45, 7) is 4.65. The Morgan fingerprint density at radius 3 is 2.43 bits per heavy atom.